The molecule has 2 heterocycles. The van der Waals surface area contributed by atoms with Gasteiger partial charge in [0.1, 0.15) is 0 Å². The number of carboxylic acids is 1. The van der Waals surface area contributed by atoms with Crippen LogP contribution in [0, 0.1) is 0 Å². The monoisotopic (exact) mass is 382 g/mol. The van der Waals surface area contributed by atoms with E-state index in [4.69, 9.17) is 4.74 Å². The van der Waals surface area contributed by atoms with Gasteiger partial charge in [0.2, 0.25) is 0 Å². The van der Waals surface area contributed by atoms with E-state index >= 15 is 0 Å². The van der Waals surface area contributed by atoms with Gasteiger partial charge in [-0.3, -0.25) is 4.79 Å². The molecule has 8 nitrogen and oxygen atoms in total. The highest BCUT2D eigenvalue weighted by atomic mass is 16.5. The number of benzene rings is 1. The molecule has 1 aromatic carbocycles. The van der Waals surface area contributed by atoms with Crippen molar-refractivity contribution in [3.05, 3.63) is 47.3 Å². The van der Waals surface area contributed by atoms with Crippen LogP contribution in [0.1, 0.15) is 47.3 Å². The molecule has 0 saturated carbocycles. The van der Waals surface area contributed by atoms with Gasteiger partial charge in [-0.05, 0) is 32.4 Å². The Balaban J connectivity index is 2.15. The zero-order valence-corrected chi connectivity index (χ0v) is 16.2. The Kier molecular flexibility index (Phi) is 5.30. The Labute approximate surface area is 162 Å². The third kappa shape index (κ3) is 3.53. The summed E-state index contributed by atoms with van der Waals surface area (Å²) in [6.45, 7) is 5.49. The molecule has 0 unspecified atom stereocenters. The Morgan fingerprint density at radius 1 is 1.21 bits per heavy atom. The number of ether oxygens (including phenoxy) is 1. The fourth-order valence-corrected chi connectivity index (χ4v) is 2.92. The molecular weight excluding hydrogens is 360 g/mol. The molecule has 1 amide bonds. The van der Waals surface area contributed by atoms with Gasteiger partial charge in [-0.15, -0.1) is 0 Å². The SMILES string of the molecule is CCc1nc2c(nc1NC(=O)c1ccccc1)c(OC(C)C)c(C(=O)O)n2C. The van der Waals surface area contributed by atoms with Crippen molar-refractivity contribution in [2.75, 3.05) is 5.32 Å². The lowest BCUT2D eigenvalue weighted by Gasteiger charge is -2.11. The van der Waals surface area contributed by atoms with Gasteiger partial charge >= 0.3 is 5.97 Å². The zero-order chi connectivity index (χ0) is 20.4. The second-order valence-electron chi connectivity index (χ2n) is 6.57. The Morgan fingerprint density at radius 2 is 1.89 bits per heavy atom. The Morgan fingerprint density at radius 3 is 2.46 bits per heavy atom. The van der Waals surface area contributed by atoms with Gasteiger partial charge in [0.05, 0.1) is 11.8 Å². The molecule has 8 heteroatoms. The molecule has 28 heavy (non-hydrogen) atoms. The van der Waals surface area contributed by atoms with Gasteiger partial charge in [-0.2, -0.15) is 0 Å². The maximum Gasteiger partial charge on any atom is 0.356 e. The van der Waals surface area contributed by atoms with Gasteiger partial charge < -0.3 is 19.7 Å². The highest BCUT2D eigenvalue weighted by molar-refractivity contribution is 6.05. The molecule has 3 rings (SSSR count). The van der Waals surface area contributed by atoms with Crippen molar-refractivity contribution >= 4 is 28.9 Å². The number of anilines is 1. The number of hydrogen-bond acceptors (Lipinski definition) is 5. The number of carbonyl (C=O) groups excluding carboxylic acids is 1. The Hall–Kier alpha value is -3.42. The molecule has 0 aliphatic rings. The summed E-state index contributed by atoms with van der Waals surface area (Å²) in [6, 6.07) is 8.77. The minimum Gasteiger partial charge on any atom is -0.486 e. The van der Waals surface area contributed by atoms with Crippen LogP contribution >= 0.6 is 0 Å². The summed E-state index contributed by atoms with van der Waals surface area (Å²) in [5, 5.41) is 12.4. The zero-order valence-electron chi connectivity index (χ0n) is 16.2. The third-order valence-electron chi connectivity index (χ3n) is 4.19. The van der Waals surface area contributed by atoms with Gasteiger partial charge in [-0.1, -0.05) is 25.1 Å². The lowest BCUT2D eigenvalue weighted by atomic mass is 10.2. The summed E-state index contributed by atoms with van der Waals surface area (Å²) < 4.78 is 7.19. The first kappa shape index (κ1) is 19.3. The van der Waals surface area contributed by atoms with Crippen molar-refractivity contribution in [2.24, 2.45) is 7.05 Å². The largest absolute Gasteiger partial charge is 0.486 e. The number of carbonyl (C=O) groups is 2. The summed E-state index contributed by atoms with van der Waals surface area (Å²) in [7, 11) is 1.61. The van der Waals surface area contributed by atoms with Gasteiger partial charge in [0.25, 0.3) is 5.91 Å². The van der Waals surface area contributed by atoms with E-state index in [0.717, 1.165) is 0 Å². The number of nitrogens with zero attached hydrogens (tertiary/aromatic N) is 3. The minimum absolute atomic E-state index is 0.0303. The first-order chi connectivity index (χ1) is 13.3. The summed E-state index contributed by atoms with van der Waals surface area (Å²) in [5.41, 5.74) is 1.71. The van der Waals surface area contributed by atoms with Crippen molar-refractivity contribution in [3.8, 4) is 5.75 Å². The maximum atomic E-state index is 12.6. The number of nitrogens with one attached hydrogen (secondary N) is 1. The van der Waals surface area contributed by atoms with Crippen molar-refractivity contribution in [3.63, 3.8) is 0 Å². The molecule has 2 aromatic heterocycles. The molecule has 0 fully saturated rings. The summed E-state index contributed by atoms with van der Waals surface area (Å²) in [6.07, 6.45) is 0.264. The van der Waals surface area contributed by atoms with E-state index in [9.17, 15) is 14.7 Å². The second-order valence-corrected chi connectivity index (χ2v) is 6.57. The first-order valence-electron chi connectivity index (χ1n) is 8.99. The van der Waals surface area contributed by atoms with Crippen LogP contribution in [0.4, 0.5) is 5.82 Å². The molecule has 146 valence electrons. The smallest absolute Gasteiger partial charge is 0.356 e. The van der Waals surface area contributed by atoms with Crippen LogP contribution < -0.4 is 10.1 Å². The molecular formula is C20H22N4O4. The number of aryl methyl sites for hydroxylation is 2. The van der Waals surface area contributed by atoms with E-state index in [0.29, 0.717) is 34.7 Å². The van der Waals surface area contributed by atoms with Crippen molar-refractivity contribution in [1.82, 2.24) is 14.5 Å². The van der Waals surface area contributed by atoms with Crippen molar-refractivity contribution in [1.29, 1.82) is 0 Å². The fourth-order valence-electron chi connectivity index (χ4n) is 2.92. The highest BCUT2D eigenvalue weighted by Crippen LogP contribution is 2.33. The van der Waals surface area contributed by atoms with Crippen LogP contribution in [0.15, 0.2) is 30.3 Å². The number of aromatic carboxylic acids is 1. The molecule has 0 atom stereocenters. The molecule has 3 aromatic rings. The van der Waals surface area contributed by atoms with Crippen LogP contribution in [0.5, 0.6) is 5.75 Å². The molecule has 0 radical (unpaired) electrons. The normalized spacial score (nSPS) is 11.0. The molecule has 0 aliphatic heterocycles. The van der Waals surface area contributed by atoms with Crippen molar-refractivity contribution < 1.29 is 19.4 Å². The van der Waals surface area contributed by atoms with Gasteiger partial charge in [0.15, 0.2) is 28.4 Å². The number of carboxylic acid groups (broad SMARTS) is 1. The average molecular weight is 382 g/mol. The van der Waals surface area contributed by atoms with Gasteiger partial charge in [0, 0.05) is 12.6 Å². The predicted molar refractivity (Wildman–Crippen MR) is 105 cm³/mol. The Bertz CT molecular complexity index is 1040. The molecule has 0 aliphatic carbocycles. The topological polar surface area (TPSA) is 106 Å². The first-order valence-corrected chi connectivity index (χ1v) is 8.99. The van der Waals surface area contributed by atoms with Crippen LogP contribution in [-0.4, -0.2) is 37.6 Å². The number of hydrogen-bond donors (Lipinski definition) is 2. The van der Waals surface area contributed by atoms with Crippen LogP contribution in [0.25, 0.3) is 11.2 Å². The summed E-state index contributed by atoms with van der Waals surface area (Å²) in [5.74, 6) is -1.01. The highest BCUT2D eigenvalue weighted by Gasteiger charge is 2.26. The van der Waals surface area contributed by atoms with E-state index in [1.165, 1.54) is 4.57 Å². The molecule has 0 spiro atoms. The number of amides is 1. The van der Waals surface area contributed by atoms with E-state index in [1.807, 2.05) is 13.0 Å². The maximum absolute atomic E-state index is 12.6. The van der Waals surface area contributed by atoms with Crippen LogP contribution in [0.2, 0.25) is 0 Å². The summed E-state index contributed by atoms with van der Waals surface area (Å²) in [4.78, 5) is 33.4. The quantitative estimate of drug-likeness (QED) is 0.678. The second kappa shape index (κ2) is 7.67. The molecule has 2 N–H and O–H groups in total. The lowest BCUT2D eigenvalue weighted by molar-refractivity contribution is 0.0680. The third-order valence-corrected chi connectivity index (χ3v) is 4.19. The number of fused-ring (bicyclic) bond motifs is 1. The van der Waals surface area contributed by atoms with Gasteiger partial charge in [-0.25, -0.2) is 14.8 Å². The van der Waals surface area contributed by atoms with Crippen LogP contribution in [0.3, 0.4) is 0 Å². The minimum atomic E-state index is -1.13. The predicted octanol–water partition coefficient (Wildman–Crippen LogP) is 3.27. The fraction of sp³-hybridized carbons (Fsp3) is 0.300. The lowest BCUT2D eigenvalue weighted by Crippen LogP contribution is -2.15. The van der Waals surface area contributed by atoms with Crippen LogP contribution in [-0.2, 0) is 13.5 Å². The summed E-state index contributed by atoms with van der Waals surface area (Å²) >= 11 is 0. The molecule has 0 bridgehead atoms. The van der Waals surface area contributed by atoms with E-state index in [2.05, 4.69) is 15.3 Å². The van der Waals surface area contributed by atoms with E-state index < -0.39 is 5.97 Å². The van der Waals surface area contributed by atoms with Crippen molar-refractivity contribution in [2.45, 2.75) is 33.3 Å². The number of aromatic nitrogens is 3. The average Bonchev–Trinajstić information content (AvgIpc) is 2.92. The molecule has 0 saturated heterocycles. The van der Waals surface area contributed by atoms with E-state index in [1.54, 1.807) is 45.2 Å². The van der Waals surface area contributed by atoms with E-state index in [-0.39, 0.29) is 23.5 Å². The number of rotatable bonds is 6. The standard InChI is InChI=1S/C20H22N4O4/c1-5-13-17(23-19(25)12-9-7-6-8-10-12)22-14-16(28-11(2)3)15(20(26)27)24(4)18(14)21-13/h6-11H,5H2,1-4H3,(H,26,27)(H,22,23,25).